The molecule has 170 valence electrons. The highest BCUT2D eigenvalue weighted by atomic mass is 19.1. The molecule has 0 aromatic heterocycles. The summed E-state index contributed by atoms with van der Waals surface area (Å²) in [5, 5.41) is 3.95. The molecule has 0 atom stereocenters. The van der Waals surface area contributed by atoms with Gasteiger partial charge in [0, 0.05) is 0 Å². The minimum Gasteiger partial charge on any atom is -0.485 e. The number of nitrogens with one attached hydrogen (secondary N) is 1. The molecule has 4 aromatic carbocycles. The Morgan fingerprint density at radius 2 is 1.35 bits per heavy atom. The number of carbonyl (C=O) groups is 1. The van der Waals surface area contributed by atoms with E-state index >= 15 is 0 Å². The molecule has 4 aromatic rings. The van der Waals surface area contributed by atoms with Gasteiger partial charge in [0.05, 0.1) is 11.8 Å². The smallest absolute Gasteiger partial charge is 0.274 e. The number of rotatable bonds is 9. The molecule has 0 radical (unpaired) electrons. The maximum absolute atomic E-state index is 13.8. The van der Waals surface area contributed by atoms with E-state index in [0.717, 1.165) is 11.1 Å². The molecule has 0 aliphatic heterocycles. The lowest BCUT2D eigenvalue weighted by atomic mass is 10.2. The molecular formula is C28H23FN2O3. The molecule has 0 unspecified atom stereocenters. The summed E-state index contributed by atoms with van der Waals surface area (Å²) in [6.07, 6.45) is 1.47. The average molecular weight is 455 g/mol. The highest BCUT2D eigenvalue weighted by molar-refractivity contribution is 5.95. The zero-order valence-corrected chi connectivity index (χ0v) is 18.4. The van der Waals surface area contributed by atoms with Gasteiger partial charge < -0.3 is 9.47 Å². The van der Waals surface area contributed by atoms with Crippen LogP contribution < -0.4 is 14.9 Å². The third-order valence-corrected chi connectivity index (χ3v) is 4.94. The van der Waals surface area contributed by atoms with Gasteiger partial charge in [-0.1, -0.05) is 72.8 Å². The number of benzene rings is 4. The highest BCUT2D eigenvalue weighted by Crippen LogP contribution is 2.29. The van der Waals surface area contributed by atoms with Crippen molar-refractivity contribution in [2.45, 2.75) is 13.2 Å². The SMILES string of the molecule is O=C(NN=Cc1ccc(OCc2ccccc2)c(OCc2ccccc2)c1)c1ccccc1F. The Bertz CT molecular complexity index is 1260. The predicted molar refractivity (Wildman–Crippen MR) is 129 cm³/mol. The minimum atomic E-state index is -0.627. The summed E-state index contributed by atoms with van der Waals surface area (Å²) >= 11 is 0. The van der Waals surface area contributed by atoms with Crippen molar-refractivity contribution < 1.29 is 18.7 Å². The Morgan fingerprint density at radius 1 is 0.765 bits per heavy atom. The van der Waals surface area contributed by atoms with Gasteiger partial charge in [0.15, 0.2) is 11.5 Å². The van der Waals surface area contributed by atoms with Crippen LogP contribution in [0.1, 0.15) is 27.0 Å². The van der Waals surface area contributed by atoms with E-state index in [0.29, 0.717) is 30.3 Å². The molecule has 0 bridgehead atoms. The Labute approximate surface area is 197 Å². The summed E-state index contributed by atoms with van der Waals surface area (Å²) in [7, 11) is 0. The fraction of sp³-hybridized carbons (Fsp3) is 0.0714. The van der Waals surface area contributed by atoms with Crippen LogP contribution in [0.3, 0.4) is 0 Å². The van der Waals surface area contributed by atoms with Crippen molar-refractivity contribution in [1.82, 2.24) is 5.43 Å². The number of halogens is 1. The Hall–Kier alpha value is -4.45. The number of hydrogen-bond acceptors (Lipinski definition) is 4. The lowest BCUT2D eigenvalue weighted by Crippen LogP contribution is -2.18. The van der Waals surface area contributed by atoms with Gasteiger partial charge in [-0.05, 0) is 47.0 Å². The molecule has 5 nitrogen and oxygen atoms in total. The number of hydrazone groups is 1. The largest absolute Gasteiger partial charge is 0.485 e. The second-order valence-electron chi connectivity index (χ2n) is 7.43. The minimum absolute atomic E-state index is 0.0730. The van der Waals surface area contributed by atoms with Crippen molar-refractivity contribution >= 4 is 12.1 Å². The molecule has 0 heterocycles. The maximum Gasteiger partial charge on any atom is 0.274 e. The van der Waals surface area contributed by atoms with Gasteiger partial charge in [0.25, 0.3) is 5.91 Å². The van der Waals surface area contributed by atoms with E-state index in [2.05, 4.69) is 10.5 Å². The first-order valence-corrected chi connectivity index (χ1v) is 10.7. The standard InChI is InChI=1S/C28H23FN2O3/c29-25-14-8-7-13-24(25)28(32)31-30-18-23-15-16-26(33-19-21-9-3-1-4-10-21)27(17-23)34-20-22-11-5-2-6-12-22/h1-18H,19-20H2,(H,31,32). The van der Waals surface area contributed by atoms with Crippen LogP contribution >= 0.6 is 0 Å². The van der Waals surface area contributed by atoms with Gasteiger partial charge in [-0.2, -0.15) is 5.10 Å². The van der Waals surface area contributed by atoms with Crippen molar-refractivity contribution in [2.24, 2.45) is 5.10 Å². The first kappa shape index (κ1) is 22.7. The molecule has 0 fully saturated rings. The summed E-state index contributed by atoms with van der Waals surface area (Å²) in [6.45, 7) is 0.766. The van der Waals surface area contributed by atoms with Gasteiger partial charge in [-0.15, -0.1) is 0 Å². The summed E-state index contributed by atoms with van der Waals surface area (Å²) in [5.41, 5.74) is 5.02. The number of hydrogen-bond donors (Lipinski definition) is 1. The van der Waals surface area contributed by atoms with Crippen LogP contribution in [0.25, 0.3) is 0 Å². The van der Waals surface area contributed by atoms with E-state index in [1.165, 1.54) is 24.4 Å². The lowest BCUT2D eigenvalue weighted by Gasteiger charge is -2.14. The number of carbonyl (C=O) groups excluding carboxylic acids is 1. The maximum atomic E-state index is 13.8. The van der Waals surface area contributed by atoms with E-state index in [1.807, 2.05) is 60.7 Å². The van der Waals surface area contributed by atoms with E-state index in [9.17, 15) is 9.18 Å². The molecule has 4 rings (SSSR count). The normalized spacial score (nSPS) is 10.7. The van der Waals surface area contributed by atoms with Crippen LogP contribution in [-0.4, -0.2) is 12.1 Å². The fourth-order valence-corrected chi connectivity index (χ4v) is 3.18. The average Bonchev–Trinajstić information content (AvgIpc) is 2.88. The van der Waals surface area contributed by atoms with Gasteiger partial charge >= 0.3 is 0 Å². The third kappa shape index (κ3) is 6.29. The van der Waals surface area contributed by atoms with E-state index in [4.69, 9.17) is 9.47 Å². The quantitative estimate of drug-likeness (QED) is 0.259. The molecular weight excluding hydrogens is 431 g/mol. The zero-order valence-electron chi connectivity index (χ0n) is 18.4. The number of amides is 1. The number of nitrogens with zero attached hydrogens (tertiary/aromatic N) is 1. The van der Waals surface area contributed by atoms with Crippen LogP contribution in [0.15, 0.2) is 108 Å². The molecule has 0 spiro atoms. The molecule has 0 aliphatic carbocycles. The van der Waals surface area contributed by atoms with Gasteiger partial charge in [-0.25, -0.2) is 9.82 Å². The van der Waals surface area contributed by atoms with Gasteiger partial charge in [0.1, 0.15) is 19.0 Å². The van der Waals surface area contributed by atoms with Crippen molar-refractivity contribution in [2.75, 3.05) is 0 Å². The van der Waals surface area contributed by atoms with Crippen molar-refractivity contribution in [3.8, 4) is 11.5 Å². The molecule has 34 heavy (non-hydrogen) atoms. The fourth-order valence-electron chi connectivity index (χ4n) is 3.18. The molecule has 1 N–H and O–H groups in total. The second-order valence-corrected chi connectivity index (χ2v) is 7.43. The van der Waals surface area contributed by atoms with Gasteiger partial charge in [0.2, 0.25) is 0 Å². The second kappa shape index (κ2) is 11.4. The lowest BCUT2D eigenvalue weighted by molar-refractivity contribution is 0.0951. The Balaban J connectivity index is 1.48. The summed E-state index contributed by atoms with van der Waals surface area (Å²) in [5.74, 6) is -0.0964. The van der Waals surface area contributed by atoms with E-state index in [1.54, 1.807) is 24.3 Å². The Morgan fingerprint density at radius 3 is 2.00 bits per heavy atom. The Kier molecular flexibility index (Phi) is 7.64. The topological polar surface area (TPSA) is 59.9 Å². The van der Waals surface area contributed by atoms with Crippen molar-refractivity contribution in [3.63, 3.8) is 0 Å². The monoisotopic (exact) mass is 454 g/mol. The van der Waals surface area contributed by atoms with Crippen LogP contribution in [0, 0.1) is 5.82 Å². The predicted octanol–water partition coefficient (Wildman–Crippen LogP) is 5.75. The van der Waals surface area contributed by atoms with Crippen LogP contribution in [0.5, 0.6) is 11.5 Å². The van der Waals surface area contributed by atoms with Crippen LogP contribution in [0.2, 0.25) is 0 Å². The summed E-state index contributed by atoms with van der Waals surface area (Å²) in [6, 6.07) is 30.8. The molecule has 0 saturated carbocycles. The highest BCUT2D eigenvalue weighted by Gasteiger charge is 2.10. The van der Waals surface area contributed by atoms with Crippen LogP contribution in [0.4, 0.5) is 4.39 Å². The van der Waals surface area contributed by atoms with Crippen molar-refractivity contribution in [3.05, 3.63) is 131 Å². The van der Waals surface area contributed by atoms with E-state index in [-0.39, 0.29) is 5.56 Å². The molecule has 1 amide bonds. The summed E-state index contributed by atoms with van der Waals surface area (Å²) in [4.78, 5) is 12.1. The summed E-state index contributed by atoms with van der Waals surface area (Å²) < 4.78 is 25.8. The third-order valence-electron chi connectivity index (χ3n) is 4.94. The number of ether oxygens (including phenoxy) is 2. The first-order chi connectivity index (χ1) is 16.7. The van der Waals surface area contributed by atoms with Crippen LogP contribution in [-0.2, 0) is 13.2 Å². The molecule has 0 saturated heterocycles. The molecule has 0 aliphatic rings. The van der Waals surface area contributed by atoms with Crippen molar-refractivity contribution in [1.29, 1.82) is 0 Å². The zero-order chi connectivity index (χ0) is 23.6. The van der Waals surface area contributed by atoms with Gasteiger partial charge in [-0.3, -0.25) is 4.79 Å². The first-order valence-electron chi connectivity index (χ1n) is 10.7. The molecule has 6 heteroatoms. The van der Waals surface area contributed by atoms with E-state index < -0.39 is 11.7 Å².